The first-order valence-corrected chi connectivity index (χ1v) is 9.03. The lowest BCUT2D eigenvalue weighted by Crippen LogP contribution is -2.40. The van der Waals surface area contributed by atoms with E-state index < -0.39 is 5.97 Å². The maximum absolute atomic E-state index is 12.9. The molecule has 0 radical (unpaired) electrons. The van der Waals surface area contributed by atoms with Crippen molar-refractivity contribution >= 4 is 17.8 Å². The van der Waals surface area contributed by atoms with Gasteiger partial charge in [0.1, 0.15) is 11.6 Å². The summed E-state index contributed by atoms with van der Waals surface area (Å²) in [7, 11) is 1.26. The van der Waals surface area contributed by atoms with E-state index in [4.69, 9.17) is 4.74 Å². The van der Waals surface area contributed by atoms with Crippen LogP contribution >= 0.6 is 0 Å². The maximum atomic E-state index is 12.9. The van der Waals surface area contributed by atoms with Crippen LogP contribution in [-0.2, 0) is 20.9 Å². The fourth-order valence-electron chi connectivity index (χ4n) is 2.46. The molecule has 0 atom stereocenters. The van der Waals surface area contributed by atoms with Gasteiger partial charge >= 0.3 is 5.97 Å². The van der Waals surface area contributed by atoms with E-state index >= 15 is 0 Å². The number of methoxy groups -OCH3 is 1. The van der Waals surface area contributed by atoms with E-state index in [-0.39, 0.29) is 37.3 Å². The number of halogens is 1. The molecule has 2 aromatic rings. The van der Waals surface area contributed by atoms with Gasteiger partial charge in [-0.15, -0.1) is 0 Å². The second-order valence-corrected chi connectivity index (χ2v) is 6.12. The molecule has 29 heavy (non-hydrogen) atoms. The molecule has 7 nitrogen and oxygen atoms in total. The van der Waals surface area contributed by atoms with Gasteiger partial charge in [-0.25, -0.2) is 9.18 Å². The van der Waals surface area contributed by atoms with Crippen LogP contribution in [0.2, 0.25) is 0 Å². The zero-order chi connectivity index (χ0) is 21.2. The first-order valence-electron chi connectivity index (χ1n) is 9.03. The van der Waals surface area contributed by atoms with Crippen LogP contribution in [0.25, 0.3) is 0 Å². The van der Waals surface area contributed by atoms with Crippen molar-refractivity contribution in [3.05, 3.63) is 65.5 Å². The lowest BCUT2D eigenvalue weighted by Gasteiger charge is -2.20. The van der Waals surface area contributed by atoms with E-state index in [1.54, 1.807) is 37.3 Å². The molecule has 0 saturated carbocycles. The van der Waals surface area contributed by atoms with Crippen LogP contribution < -0.4 is 10.1 Å². The molecule has 0 fully saturated rings. The average Bonchev–Trinajstić information content (AvgIpc) is 2.75. The molecule has 0 aliphatic carbocycles. The first-order chi connectivity index (χ1) is 13.9. The highest BCUT2D eigenvalue weighted by Crippen LogP contribution is 2.15. The monoisotopic (exact) mass is 402 g/mol. The summed E-state index contributed by atoms with van der Waals surface area (Å²) in [5, 5.41) is 2.71. The summed E-state index contributed by atoms with van der Waals surface area (Å²) in [5.74, 6) is -1.20. The van der Waals surface area contributed by atoms with E-state index in [9.17, 15) is 18.8 Å². The van der Waals surface area contributed by atoms with E-state index in [1.807, 2.05) is 0 Å². The molecule has 0 heterocycles. The molecule has 2 aromatic carbocycles. The van der Waals surface area contributed by atoms with Gasteiger partial charge in [0.25, 0.3) is 5.91 Å². The number of nitrogens with zero attached hydrogens (tertiary/aromatic N) is 1. The summed E-state index contributed by atoms with van der Waals surface area (Å²) in [6.07, 6.45) is 0. The number of amides is 2. The van der Waals surface area contributed by atoms with Gasteiger partial charge in [-0.3, -0.25) is 9.59 Å². The summed E-state index contributed by atoms with van der Waals surface area (Å²) >= 11 is 0. The second kappa shape index (κ2) is 10.8. The van der Waals surface area contributed by atoms with E-state index in [1.165, 1.54) is 30.2 Å². The van der Waals surface area contributed by atoms with Crippen molar-refractivity contribution in [2.24, 2.45) is 0 Å². The Morgan fingerprint density at radius 2 is 1.83 bits per heavy atom. The van der Waals surface area contributed by atoms with Crippen molar-refractivity contribution in [2.75, 3.05) is 26.8 Å². The van der Waals surface area contributed by atoms with Crippen LogP contribution in [0.1, 0.15) is 22.8 Å². The largest absolute Gasteiger partial charge is 0.482 e. The number of ether oxygens (including phenoxy) is 2. The van der Waals surface area contributed by atoms with Gasteiger partial charge in [-0.1, -0.05) is 18.2 Å². The number of carbonyl (C=O) groups is 3. The number of hydrogen-bond acceptors (Lipinski definition) is 5. The molecule has 2 rings (SSSR count). The van der Waals surface area contributed by atoms with Crippen molar-refractivity contribution in [3.8, 4) is 5.75 Å². The Kier molecular flexibility index (Phi) is 8.14. The van der Waals surface area contributed by atoms with Crippen molar-refractivity contribution in [1.82, 2.24) is 10.2 Å². The number of hydrogen-bond donors (Lipinski definition) is 1. The van der Waals surface area contributed by atoms with Crippen LogP contribution in [0.3, 0.4) is 0 Å². The summed E-state index contributed by atoms with van der Waals surface area (Å²) in [6.45, 7) is 1.95. The predicted octanol–water partition coefficient (Wildman–Crippen LogP) is 2.16. The summed E-state index contributed by atoms with van der Waals surface area (Å²) in [4.78, 5) is 37.5. The third kappa shape index (κ3) is 6.91. The van der Waals surface area contributed by atoms with Crippen molar-refractivity contribution in [2.45, 2.75) is 13.5 Å². The fourth-order valence-corrected chi connectivity index (χ4v) is 2.46. The highest BCUT2D eigenvalue weighted by molar-refractivity contribution is 5.96. The number of benzene rings is 2. The lowest BCUT2D eigenvalue weighted by molar-refractivity contribution is -0.142. The molecule has 0 aliphatic rings. The molecule has 8 heteroatoms. The Morgan fingerprint density at radius 1 is 1.10 bits per heavy atom. The molecule has 0 unspecified atom stereocenters. The van der Waals surface area contributed by atoms with Gasteiger partial charge in [0, 0.05) is 18.7 Å². The normalized spacial score (nSPS) is 10.2. The Morgan fingerprint density at radius 3 is 2.48 bits per heavy atom. The molecule has 0 bridgehead atoms. The number of likely N-dealkylation sites (N-methyl/N-ethyl adjacent to an activating group) is 1. The number of nitrogens with one attached hydrogen (secondary N) is 1. The minimum atomic E-state index is -0.533. The van der Waals surface area contributed by atoms with Gasteiger partial charge in [0.15, 0.2) is 6.61 Å². The fraction of sp³-hybridized carbons (Fsp3) is 0.286. The Labute approximate surface area is 168 Å². The van der Waals surface area contributed by atoms with Gasteiger partial charge in [-0.2, -0.15) is 0 Å². The zero-order valence-electron chi connectivity index (χ0n) is 16.3. The quantitative estimate of drug-likeness (QED) is 0.650. The van der Waals surface area contributed by atoms with Crippen LogP contribution in [0, 0.1) is 5.82 Å². The third-order valence-electron chi connectivity index (χ3n) is 4.07. The highest BCUT2D eigenvalue weighted by Gasteiger charge is 2.18. The summed E-state index contributed by atoms with van der Waals surface area (Å²) < 4.78 is 22.7. The van der Waals surface area contributed by atoms with Crippen LogP contribution in [-0.4, -0.2) is 49.5 Å². The Hall–Kier alpha value is -3.42. The predicted molar refractivity (Wildman–Crippen MR) is 104 cm³/mol. The molecule has 0 saturated heterocycles. The topological polar surface area (TPSA) is 84.9 Å². The van der Waals surface area contributed by atoms with Gasteiger partial charge in [-0.05, 0) is 42.8 Å². The average molecular weight is 402 g/mol. The standard InChI is InChI=1S/C21H23FN2O5/c1-3-24(13-19(25)23-12-15-7-9-17(22)10-8-15)21(27)16-5-4-6-18(11-16)29-14-20(26)28-2/h4-11H,3,12-14H2,1-2H3,(H,23,25). The van der Waals surface area contributed by atoms with Crippen molar-refractivity contribution in [1.29, 1.82) is 0 Å². The first kappa shape index (κ1) is 21.9. The Balaban J connectivity index is 1.94. The highest BCUT2D eigenvalue weighted by atomic mass is 19.1. The van der Waals surface area contributed by atoms with E-state index in [0.29, 0.717) is 17.9 Å². The Bertz CT molecular complexity index is 854. The smallest absolute Gasteiger partial charge is 0.343 e. The van der Waals surface area contributed by atoms with Gasteiger partial charge < -0.3 is 19.7 Å². The number of rotatable bonds is 9. The van der Waals surface area contributed by atoms with Gasteiger partial charge in [0.05, 0.1) is 13.7 Å². The van der Waals surface area contributed by atoms with Crippen LogP contribution in [0.4, 0.5) is 4.39 Å². The van der Waals surface area contributed by atoms with E-state index in [2.05, 4.69) is 10.1 Å². The molecule has 0 aromatic heterocycles. The minimum Gasteiger partial charge on any atom is -0.482 e. The van der Waals surface area contributed by atoms with Crippen molar-refractivity contribution in [3.63, 3.8) is 0 Å². The molecule has 2 amide bonds. The molecule has 1 N–H and O–H groups in total. The van der Waals surface area contributed by atoms with Crippen LogP contribution in [0.5, 0.6) is 5.75 Å². The van der Waals surface area contributed by atoms with Crippen LogP contribution in [0.15, 0.2) is 48.5 Å². The lowest BCUT2D eigenvalue weighted by atomic mass is 10.2. The summed E-state index contributed by atoms with van der Waals surface area (Å²) in [6, 6.07) is 12.2. The van der Waals surface area contributed by atoms with E-state index in [0.717, 1.165) is 5.56 Å². The van der Waals surface area contributed by atoms with Crippen molar-refractivity contribution < 1.29 is 28.2 Å². The molecule has 0 spiro atoms. The third-order valence-corrected chi connectivity index (χ3v) is 4.07. The zero-order valence-corrected chi connectivity index (χ0v) is 16.3. The number of carbonyl (C=O) groups excluding carboxylic acids is 3. The molecular formula is C21H23FN2O5. The number of esters is 1. The molecule has 154 valence electrons. The van der Waals surface area contributed by atoms with Gasteiger partial charge in [0.2, 0.25) is 5.91 Å². The molecular weight excluding hydrogens is 379 g/mol. The molecule has 0 aliphatic heterocycles. The minimum absolute atomic E-state index is 0.121. The summed E-state index contributed by atoms with van der Waals surface area (Å²) in [5.41, 5.74) is 1.09. The second-order valence-electron chi connectivity index (χ2n) is 6.12. The maximum Gasteiger partial charge on any atom is 0.343 e. The SMILES string of the molecule is CCN(CC(=O)NCc1ccc(F)cc1)C(=O)c1cccc(OCC(=O)OC)c1.